The van der Waals surface area contributed by atoms with Gasteiger partial charge in [0.15, 0.2) is 5.65 Å². The summed E-state index contributed by atoms with van der Waals surface area (Å²) in [6, 6.07) is 2.04. The molecule has 1 saturated heterocycles. The molecule has 3 heterocycles. The van der Waals surface area contributed by atoms with Gasteiger partial charge in [0.05, 0.1) is 29.2 Å². The maximum atomic E-state index is 8.87. The zero-order valence-corrected chi connectivity index (χ0v) is 11.9. The van der Waals surface area contributed by atoms with E-state index < -0.39 is 18.3 Å². The molecular formula is C13H15BN4O2. The van der Waals surface area contributed by atoms with Gasteiger partial charge in [-0.1, -0.05) is 0 Å². The Hall–Kier alpha value is -1.91. The summed E-state index contributed by atoms with van der Waals surface area (Å²) in [5.41, 5.74) is 1.06. The van der Waals surface area contributed by atoms with Crippen molar-refractivity contribution in [3.05, 3.63) is 24.2 Å². The van der Waals surface area contributed by atoms with E-state index in [2.05, 4.69) is 10.1 Å². The fraction of sp³-hybridized carbons (Fsp3) is 0.462. The lowest BCUT2D eigenvalue weighted by molar-refractivity contribution is 0.00578. The molecule has 6 nitrogen and oxygen atoms in total. The molecule has 7 heteroatoms. The molecule has 3 rings (SSSR count). The Kier molecular flexibility index (Phi) is 2.65. The summed E-state index contributed by atoms with van der Waals surface area (Å²) in [5, 5.41) is 13.1. The first-order valence-corrected chi connectivity index (χ1v) is 6.43. The number of aromatic nitrogens is 3. The molecule has 0 saturated carbocycles. The van der Waals surface area contributed by atoms with Crippen LogP contribution in [0.5, 0.6) is 0 Å². The molecule has 2 aromatic heterocycles. The van der Waals surface area contributed by atoms with Crippen molar-refractivity contribution in [1.82, 2.24) is 14.6 Å². The zero-order chi connectivity index (χ0) is 14.5. The Bertz CT molecular complexity index is 701. The van der Waals surface area contributed by atoms with Gasteiger partial charge in [-0.15, -0.1) is 0 Å². The second-order valence-corrected chi connectivity index (χ2v) is 5.91. The number of nitrogens with zero attached hydrogens (tertiary/aromatic N) is 4. The van der Waals surface area contributed by atoms with Crippen LogP contribution in [0.4, 0.5) is 0 Å². The third kappa shape index (κ3) is 1.80. The van der Waals surface area contributed by atoms with Gasteiger partial charge < -0.3 is 9.31 Å². The Morgan fingerprint density at radius 2 is 1.85 bits per heavy atom. The Morgan fingerprint density at radius 1 is 1.20 bits per heavy atom. The van der Waals surface area contributed by atoms with Crippen molar-refractivity contribution in [2.45, 2.75) is 38.9 Å². The molecule has 1 aliphatic rings. The van der Waals surface area contributed by atoms with Gasteiger partial charge >= 0.3 is 7.12 Å². The van der Waals surface area contributed by atoms with E-state index in [0.29, 0.717) is 11.2 Å². The summed E-state index contributed by atoms with van der Waals surface area (Å²) in [6.07, 6.45) is 4.83. The van der Waals surface area contributed by atoms with Gasteiger partial charge in [-0.3, -0.25) is 0 Å². The van der Waals surface area contributed by atoms with Crippen molar-refractivity contribution >= 4 is 18.2 Å². The quantitative estimate of drug-likeness (QED) is 0.720. The van der Waals surface area contributed by atoms with E-state index in [1.807, 2.05) is 33.8 Å². The first kappa shape index (κ1) is 13.1. The molecule has 0 aromatic carbocycles. The first-order valence-electron chi connectivity index (χ1n) is 6.43. The monoisotopic (exact) mass is 270 g/mol. The predicted molar refractivity (Wildman–Crippen MR) is 73.4 cm³/mol. The molecule has 0 unspecified atom stereocenters. The van der Waals surface area contributed by atoms with Crippen LogP contribution in [0.15, 0.2) is 18.6 Å². The number of fused-ring (bicyclic) bond motifs is 1. The van der Waals surface area contributed by atoms with E-state index in [-0.39, 0.29) is 0 Å². The predicted octanol–water partition coefficient (Wildman–Crippen LogP) is 0.900. The second-order valence-electron chi connectivity index (χ2n) is 5.91. The van der Waals surface area contributed by atoms with Crippen LogP contribution >= 0.6 is 0 Å². The Balaban J connectivity index is 2.03. The molecule has 1 fully saturated rings. The fourth-order valence-electron chi connectivity index (χ4n) is 2.09. The smallest absolute Gasteiger partial charge is 0.399 e. The van der Waals surface area contributed by atoms with Crippen molar-refractivity contribution < 1.29 is 9.31 Å². The fourth-order valence-corrected chi connectivity index (χ4v) is 2.09. The highest BCUT2D eigenvalue weighted by molar-refractivity contribution is 6.64. The van der Waals surface area contributed by atoms with Crippen LogP contribution in [-0.2, 0) is 9.31 Å². The molecule has 2 aromatic rings. The molecule has 1 aliphatic heterocycles. The van der Waals surface area contributed by atoms with Gasteiger partial charge in [-0.05, 0) is 27.7 Å². The SMILES string of the molecule is CC1(C)OB(c2cnn3cc(C#N)cnc23)OC1(C)C. The van der Waals surface area contributed by atoms with Gasteiger partial charge in [0.1, 0.15) is 6.07 Å². The van der Waals surface area contributed by atoms with E-state index in [0.717, 1.165) is 5.46 Å². The molecule has 0 aliphatic carbocycles. The van der Waals surface area contributed by atoms with Gasteiger partial charge in [0.2, 0.25) is 0 Å². The lowest BCUT2D eigenvalue weighted by atomic mass is 9.81. The maximum absolute atomic E-state index is 8.87. The highest BCUT2D eigenvalue weighted by atomic mass is 16.7. The lowest BCUT2D eigenvalue weighted by Crippen LogP contribution is -2.41. The zero-order valence-electron chi connectivity index (χ0n) is 11.9. The maximum Gasteiger partial charge on any atom is 0.500 e. The Morgan fingerprint density at radius 3 is 2.45 bits per heavy atom. The number of hydrogen-bond donors (Lipinski definition) is 0. The summed E-state index contributed by atoms with van der Waals surface area (Å²) in [4.78, 5) is 4.27. The summed E-state index contributed by atoms with van der Waals surface area (Å²) < 4.78 is 13.6. The van der Waals surface area contributed by atoms with Crippen molar-refractivity contribution in [2.24, 2.45) is 0 Å². The van der Waals surface area contributed by atoms with E-state index in [9.17, 15) is 0 Å². The molecule has 0 spiro atoms. The van der Waals surface area contributed by atoms with E-state index in [1.54, 1.807) is 16.9 Å². The number of nitriles is 1. The largest absolute Gasteiger partial charge is 0.500 e. The second kappa shape index (κ2) is 4.04. The number of rotatable bonds is 1. The van der Waals surface area contributed by atoms with E-state index in [1.165, 1.54) is 6.20 Å². The summed E-state index contributed by atoms with van der Waals surface area (Å²) in [6.45, 7) is 8.00. The topological polar surface area (TPSA) is 72.4 Å². The molecule has 0 atom stereocenters. The average Bonchev–Trinajstić information content (AvgIpc) is 2.87. The van der Waals surface area contributed by atoms with Gasteiger partial charge in [0, 0.05) is 11.7 Å². The summed E-state index contributed by atoms with van der Waals surface area (Å²) in [7, 11) is -0.502. The van der Waals surface area contributed by atoms with Crippen LogP contribution in [0.2, 0.25) is 0 Å². The van der Waals surface area contributed by atoms with Gasteiger partial charge in [-0.25, -0.2) is 9.50 Å². The highest BCUT2D eigenvalue weighted by Gasteiger charge is 2.52. The number of hydrogen-bond acceptors (Lipinski definition) is 5. The summed E-state index contributed by atoms with van der Waals surface area (Å²) >= 11 is 0. The van der Waals surface area contributed by atoms with Crippen molar-refractivity contribution in [3.8, 4) is 6.07 Å². The molecule has 0 radical (unpaired) electrons. The minimum absolute atomic E-state index is 0.404. The van der Waals surface area contributed by atoms with Crippen molar-refractivity contribution in [1.29, 1.82) is 5.26 Å². The molecular weight excluding hydrogens is 255 g/mol. The van der Waals surface area contributed by atoms with Crippen LogP contribution in [0, 0.1) is 11.3 Å². The van der Waals surface area contributed by atoms with Gasteiger partial charge in [-0.2, -0.15) is 10.4 Å². The van der Waals surface area contributed by atoms with Crippen LogP contribution in [0.25, 0.3) is 5.65 Å². The van der Waals surface area contributed by atoms with Crippen LogP contribution in [0.1, 0.15) is 33.3 Å². The van der Waals surface area contributed by atoms with Crippen LogP contribution < -0.4 is 5.46 Å². The van der Waals surface area contributed by atoms with E-state index in [4.69, 9.17) is 14.6 Å². The van der Waals surface area contributed by atoms with Crippen molar-refractivity contribution in [3.63, 3.8) is 0 Å². The van der Waals surface area contributed by atoms with Gasteiger partial charge in [0.25, 0.3) is 0 Å². The van der Waals surface area contributed by atoms with Crippen LogP contribution in [0.3, 0.4) is 0 Å². The minimum atomic E-state index is -0.502. The standard InChI is InChI=1S/C13H15BN4O2/c1-12(2)13(3,4)20-14(19-12)10-7-17-18-8-9(5-15)6-16-11(10)18/h6-8H,1-4H3. The Labute approximate surface area is 117 Å². The first-order chi connectivity index (χ1) is 9.34. The van der Waals surface area contributed by atoms with Crippen LogP contribution in [-0.4, -0.2) is 32.9 Å². The molecule has 0 N–H and O–H groups in total. The molecule has 0 bridgehead atoms. The lowest BCUT2D eigenvalue weighted by Gasteiger charge is -2.32. The van der Waals surface area contributed by atoms with Crippen molar-refractivity contribution in [2.75, 3.05) is 0 Å². The summed E-state index contributed by atoms with van der Waals surface area (Å²) in [5.74, 6) is 0. The molecule has 20 heavy (non-hydrogen) atoms. The van der Waals surface area contributed by atoms with E-state index >= 15 is 0 Å². The minimum Gasteiger partial charge on any atom is -0.399 e. The molecule has 0 amide bonds. The third-order valence-electron chi connectivity index (χ3n) is 4.02. The molecule has 102 valence electrons. The average molecular weight is 270 g/mol. The third-order valence-corrected chi connectivity index (χ3v) is 4.02. The normalized spacial score (nSPS) is 20.2. The highest BCUT2D eigenvalue weighted by Crippen LogP contribution is 2.36.